The van der Waals surface area contributed by atoms with E-state index in [9.17, 15) is 8.42 Å². The number of benzene rings is 2. The van der Waals surface area contributed by atoms with E-state index < -0.39 is 10.0 Å². The summed E-state index contributed by atoms with van der Waals surface area (Å²) in [5, 5.41) is 6.67. The van der Waals surface area contributed by atoms with E-state index in [1.54, 1.807) is 18.2 Å². The third kappa shape index (κ3) is 4.22. The molecule has 0 aliphatic carbocycles. The van der Waals surface area contributed by atoms with E-state index in [1.807, 2.05) is 23.6 Å². The van der Waals surface area contributed by atoms with Crippen molar-refractivity contribution in [2.75, 3.05) is 5.75 Å². The molecule has 0 amide bonds. The molecule has 0 radical (unpaired) electrons. The van der Waals surface area contributed by atoms with Crippen LogP contribution in [0.2, 0.25) is 5.02 Å². The minimum absolute atomic E-state index is 0.0600. The van der Waals surface area contributed by atoms with Gasteiger partial charge in [0.2, 0.25) is 10.0 Å². The van der Waals surface area contributed by atoms with E-state index in [0.717, 1.165) is 22.8 Å². The summed E-state index contributed by atoms with van der Waals surface area (Å²) in [7, 11) is -3.75. The summed E-state index contributed by atoms with van der Waals surface area (Å²) in [6, 6.07) is 12.1. The van der Waals surface area contributed by atoms with Crippen molar-refractivity contribution in [1.29, 1.82) is 0 Å². The van der Waals surface area contributed by atoms with Crippen LogP contribution in [0, 0.1) is 11.8 Å². The number of aryl methyl sites for hydroxylation is 1. The summed E-state index contributed by atoms with van der Waals surface area (Å²) in [6.45, 7) is 2.73. The molecule has 1 aromatic heterocycles. The fraction of sp³-hybridized carbons (Fsp3) is 0.167. The molecule has 8 heteroatoms. The maximum atomic E-state index is 11.5. The van der Waals surface area contributed by atoms with Crippen LogP contribution in [0.3, 0.4) is 0 Å². The normalized spacial score (nSPS) is 11.3. The number of aromatic nitrogens is 2. The number of rotatable bonds is 4. The molecule has 0 saturated carbocycles. The molecule has 0 spiro atoms. The summed E-state index contributed by atoms with van der Waals surface area (Å²) in [4.78, 5) is 4.59. The van der Waals surface area contributed by atoms with E-state index in [-0.39, 0.29) is 4.90 Å². The number of thioether (sulfide) groups is 1. The van der Waals surface area contributed by atoms with E-state index in [0.29, 0.717) is 16.3 Å². The van der Waals surface area contributed by atoms with Crippen LogP contribution in [-0.4, -0.2) is 23.7 Å². The average Bonchev–Trinajstić information content (AvgIpc) is 2.96. The Labute approximate surface area is 161 Å². The van der Waals surface area contributed by atoms with E-state index >= 15 is 0 Å². The van der Waals surface area contributed by atoms with Crippen LogP contribution in [0.25, 0.3) is 11.0 Å². The number of hydrogen-bond donors (Lipinski definition) is 1. The second kappa shape index (κ2) is 7.72. The van der Waals surface area contributed by atoms with Crippen molar-refractivity contribution in [2.45, 2.75) is 23.5 Å². The van der Waals surface area contributed by atoms with Crippen molar-refractivity contribution in [1.82, 2.24) is 9.55 Å². The van der Waals surface area contributed by atoms with E-state index in [2.05, 4.69) is 16.8 Å². The summed E-state index contributed by atoms with van der Waals surface area (Å²) in [5.41, 5.74) is 2.37. The number of primary sulfonamides is 1. The highest BCUT2D eigenvalue weighted by atomic mass is 35.5. The van der Waals surface area contributed by atoms with Crippen LogP contribution >= 0.6 is 23.4 Å². The molecular formula is C18H16ClN3O2S2. The first-order chi connectivity index (χ1) is 12.4. The minimum Gasteiger partial charge on any atom is -0.319 e. The standard InChI is InChI=1S/C18H16ClN3O2S2/c1-2-22-17-10-9-15(26(20,23)24)12-16(17)21-18(22)25-11-3-4-13-5-7-14(19)8-6-13/h5-10,12H,2,11H2,1H3,(H2,20,23,24). The predicted molar refractivity (Wildman–Crippen MR) is 106 cm³/mol. The minimum atomic E-state index is -3.75. The van der Waals surface area contributed by atoms with Crippen molar-refractivity contribution in [3.05, 3.63) is 53.1 Å². The maximum absolute atomic E-state index is 11.5. The first-order valence-electron chi connectivity index (χ1n) is 7.79. The lowest BCUT2D eigenvalue weighted by Crippen LogP contribution is -2.11. The Bertz CT molecular complexity index is 1110. The largest absolute Gasteiger partial charge is 0.319 e. The molecule has 0 unspecified atom stereocenters. The number of fused-ring (bicyclic) bond motifs is 1. The number of imidazole rings is 1. The van der Waals surface area contributed by atoms with Crippen LogP contribution in [0.1, 0.15) is 12.5 Å². The van der Waals surface area contributed by atoms with Gasteiger partial charge in [-0.15, -0.1) is 0 Å². The number of nitrogens with two attached hydrogens (primary N) is 1. The molecule has 0 bridgehead atoms. The van der Waals surface area contributed by atoms with Crippen LogP contribution in [-0.2, 0) is 16.6 Å². The Kier molecular flexibility index (Phi) is 5.58. The van der Waals surface area contributed by atoms with Gasteiger partial charge in [-0.05, 0) is 49.4 Å². The summed E-state index contributed by atoms with van der Waals surface area (Å²) in [6.07, 6.45) is 0. The highest BCUT2D eigenvalue weighted by Crippen LogP contribution is 2.25. The smallest absolute Gasteiger partial charge is 0.238 e. The first-order valence-corrected chi connectivity index (χ1v) is 10.7. The highest BCUT2D eigenvalue weighted by Gasteiger charge is 2.14. The van der Waals surface area contributed by atoms with Gasteiger partial charge in [0.25, 0.3) is 0 Å². The topological polar surface area (TPSA) is 78.0 Å². The third-order valence-electron chi connectivity index (χ3n) is 3.68. The number of hydrogen-bond acceptors (Lipinski definition) is 4. The molecule has 134 valence electrons. The molecule has 0 atom stereocenters. The Morgan fingerprint density at radius 1 is 1.23 bits per heavy atom. The van der Waals surface area contributed by atoms with Crippen molar-refractivity contribution >= 4 is 44.4 Å². The van der Waals surface area contributed by atoms with Gasteiger partial charge >= 0.3 is 0 Å². The quantitative estimate of drug-likeness (QED) is 0.532. The molecule has 2 N–H and O–H groups in total. The fourth-order valence-corrected chi connectivity index (χ4v) is 3.93. The van der Waals surface area contributed by atoms with Gasteiger partial charge in [-0.25, -0.2) is 18.5 Å². The first kappa shape index (κ1) is 18.8. The van der Waals surface area contributed by atoms with Gasteiger partial charge in [-0.2, -0.15) is 0 Å². The Balaban J connectivity index is 1.82. The lowest BCUT2D eigenvalue weighted by atomic mass is 10.2. The van der Waals surface area contributed by atoms with Crippen LogP contribution in [0.5, 0.6) is 0 Å². The zero-order chi connectivity index (χ0) is 18.7. The maximum Gasteiger partial charge on any atom is 0.238 e. The van der Waals surface area contributed by atoms with Gasteiger partial charge in [-0.1, -0.05) is 35.2 Å². The Hall–Kier alpha value is -1.98. The molecular weight excluding hydrogens is 390 g/mol. The molecule has 0 aliphatic heterocycles. The second-order valence-corrected chi connectivity index (χ2v) is 8.37. The molecule has 0 fully saturated rings. The molecule has 0 aliphatic rings. The van der Waals surface area contributed by atoms with Gasteiger partial charge in [0.15, 0.2) is 5.16 Å². The van der Waals surface area contributed by atoms with Gasteiger partial charge in [0.1, 0.15) is 0 Å². The fourth-order valence-electron chi connectivity index (χ4n) is 2.45. The number of nitrogens with zero attached hydrogens (tertiary/aromatic N) is 2. The van der Waals surface area contributed by atoms with Gasteiger partial charge < -0.3 is 4.57 Å². The third-order valence-corrected chi connectivity index (χ3v) is 5.70. The molecule has 26 heavy (non-hydrogen) atoms. The SMILES string of the molecule is CCn1c(SCC#Cc2ccc(Cl)cc2)nc2cc(S(N)(=O)=O)ccc21. The Morgan fingerprint density at radius 3 is 2.62 bits per heavy atom. The van der Waals surface area contributed by atoms with Crippen molar-refractivity contribution in [3.63, 3.8) is 0 Å². The number of sulfonamides is 1. The predicted octanol–water partition coefficient (Wildman–Crippen LogP) is 3.50. The molecule has 0 saturated heterocycles. The highest BCUT2D eigenvalue weighted by molar-refractivity contribution is 7.99. The number of halogens is 1. The monoisotopic (exact) mass is 405 g/mol. The van der Waals surface area contributed by atoms with Crippen LogP contribution in [0.15, 0.2) is 52.5 Å². The zero-order valence-electron chi connectivity index (χ0n) is 13.9. The second-order valence-electron chi connectivity index (χ2n) is 5.43. The van der Waals surface area contributed by atoms with E-state index in [4.69, 9.17) is 16.7 Å². The Morgan fingerprint density at radius 2 is 1.96 bits per heavy atom. The lowest BCUT2D eigenvalue weighted by Gasteiger charge is -2.04. The molecule has 3 aromatic rings. The molecule has 3 rings (SSSR count). The molecule has 5 nitrogen and oxygen atoms in total. The summed E-state index contributed by atoms with van der Waals surface area (Å²) in [5.74, 6) is 6.75. The van der Waals surface area contributed by atoms with Crippen molar-refractivity contribution in [2.24, 2.45) is 5.14 Å². The summed E-state index contributed by atoms with van der Waals surface area (Å²) < 4.78 is 25.1. The van der Waals surface area contributed by atoms with Gasteiger partial charge in [0, 0.05) is 17.1 Å². The zero-order valence-corrected chi connectivity index (χ0v) is 16.3. The van der Waals surface area contributed by atoms with Crippen LogP contribution in [0.4, 0.5) is 0 Å². The molecule has 2 aromatic carbocycles. The molecule has 1 heterocycles. The average molecular weight is 406 g/mol. The van der Waals surface area contributed by atoms with Crippen LogP contribution < -0.4 is 5.14 Å². The van der Waals surface area contributed by atoms with Crippen molar-refractivity contribution in [3.8, 4) is 11.8 Å². The summed E-state index contributed by atoms with van der Waals surface area (Å²) >= 11 is 7.36. The van der Waals surface area contributed by atoms with E-state index in [1.165, 1.54) is 23.9 Å². The van der Waals surface area contributed by atoms with Gasteiger partial charge in [0.05, 0.1) is 21.7 Å². The van der Waals surface area contributed by atoms with Crippen molar-refractivity contribution < 1.29 is 8.42 Å². The lowest BCUT2D eigenvalue weighted by molar-refractivity contribution is 0.598. The van der Waals surface area contributed by atoms with Gasteiger partial charge in [-0.3, -0.25) is 0 Å².